The molecule has 2 aromatic heterocycles. The van der Waals surface area contributed by atoms with Gasteiger partial charge in [-0.3, -0.25) is 20.2 Å². The van der Waals surface area contributed by atoms with Crippen LogP contribution in [0.2, 0.25) is 0 Å². The summed E-state index contributed by atoms with van der Waals surface area (Å²) < 4.78 is 9.88. The van der Waals surface area contributed by atoms with E-state index in [1.807, 2.05) is 0 Å². The molecule has 18 nitrogen and oxygen atoms in total. The summed E-state index contributed by atoms with van der Waals surface area (Å²) in [4.78, 5) is 62.5. The number of hydrogen-bond acceptors (Lipinski definition) is 15. The van der Waals surface area contributed by atoms with E-state index in [2.05, 4.69) is 40.6 Å². The Morgan fingerprint density at radius 3 is 1.54 bits per heavy atom. The zero-order valence-corrected chi connectivity index (χ0v) is 39.4. The molecule has 0 atom stereocenters. The van der Waals surface area contributed by atoms with Crippen LogP contribution in [-0.4, -0.2) is 72.4 Å². The maximum absolute atomic E-state index is 12.7. The quantitative estimate of drug-likeness (QED) is 0.0763. The second-order valence-corrected chi connectivity index (χ2v) is 21.5. The Kier molecular flexibility index (Phi) is 13.4. The van der Waals surface area contributed by atoms with Crippen molar-refractivity contribution in [3.63, 3.8) is 0 Å². The lowest BCUT2D eigenvalue weighted by molar-refractivity contribution is -0.385. The fourth-order valence-electron chi connectivity index (χ4n) is 14.2. The molecule has 2 aliphatic heterocycles. The molecule has 8 aliphatic carbocycles. The van der Waals surface area contributed by atoms with E-state index in [9.17, 15) is 29.8 Å². The van der Waals surface area contributed by atoms with Gasteiger partial charge < -0.3 is 30.3 Å². The predicted octanol–water partition coefficient (Wildman–Crippen LogP) is 9.65. The summed E-state index contributed by atoms with van der Waals surface area (Å²) in [6, 6.07) is 10.5. The van der Waals surface area contributed by atoms with Crippen molar-refractivity contribution < 1.29 is 28.9 Å². The summed E-state index contributed by atoms with van der Waals surface area (Å²) >= 11 is 4.92. The van der Waals surface area contributed by atoms with Gasteiger partial charge in [-0.2, -0.15) is 0 Å². The number of fused-ring (bicyclic) bond motifs is 2. The number of carbonyl (C=O) groups is 2. The molecule has 3 N–H and O–H groups in total. The van der Waals surface area contributed by atoms with Crippen LogP contribution in [0.25, 0.3) is 0 Å². The predicted molar refractivity (Wildman–Crippen MR) is 256 cm³/mol. The Morgan fingerprint density at radius 1 is 0.652 bits per heavy atom. The molecule has 1 amide bonds. The second kappa shape index (κ2) is 19.8. The summed E-state index contributed by atoms with van der Waals surface area (Å²) in [6.07, 6.45) is 21.8. The number of ether oxygens (including phenoxy) is 2. The van der Waals surface area contributed by atoms with Crippen molar-refractivity contribution in [3.8, 4) is 11.5 Å². The first-order chi connectivity index (χ1) is 33.3. The largest absolute Gasteiger partial charge is 0.415 e. The SMILES string of the molecule is O=C(Cl)Oc1ccc([N+](=O)[O-])cc1.O=C(Oc1ccc([N+](=O)[O-])cc1)N1CCc2c(ncnc2NCC23CC4CC(CC(C4)C2)C3)C1.c1nc2c(c(NCC34CC5CC(CC(C5)C3)C4)n1)CCNC2. The van der Waals surface area contributed by atoms with Crippen molar-refractivity contribution in [2.24, 2.45) is 46.3 Å². The number of nitrogens with one attached hydrogen (secondary N) is 3. The lowest BCUT2D eigenvalue weighted by Crippen LogP contribution is -2.49. The number of nitrogens with zero attached hydrogens (tertiary/aromatic N) is 7. The highest BCUT2D eigenvalue weighted by molar-refractivity contribution is 6.61. The number of anilines is 2. The van der Waals surface area contributed by atoms with Gasteiger partial charge in [-0.05, 0) is 167 Å². The highest BCUT2D eigenvalue weighted by atomic mass is 35.5. The van der Waals surface area contributed by atoms with Gasteiger partial charge in [0.1, 0.15) is 35.8 Å². The summed E-state index contributed by atoms with van der Waals surface area (Å²) in [5, 5.41) is 31.8. The third-order valence-electron chi connectivity index (χ3n) is 16.2. The number of hydrogen-bond donors (Lipinski definition) is 3. The minimum Gasteiger partial charge on any atom is -0.414 e. The lowest BCUT2D eigenvalue weighted by Gasteiger charge is -2.57. The molecule has 69 heavy (non-hydrogen) atoms. The van der Waals surface area contributed by atoms with Gasteiger partial charge in [-0.15, -0.1) is 0 Å². The molecule has 0 radical (unpaired) electrons. The molecule has 2 aromatic carbocycles. The fourth-order valence-corrected chi connectivity index (χ4v) is 14.3. The Labute approximate surface area is 405 Å². The molecule has 0 unspecified atom stereocenters. The van der Waals surface area contributed by atoms with E-state index in [1.165, 1.54) is 137 Å². The van der Waals surface area contributed by atoms with E-state index >= 15 is 0 Å². The highest BCUT2D eigenvalue weighted by Crippen LogP contribution is 2.61. The third kappa shape index (κ3) is 10.8. The van der Waals surface area contributed by atoms with E-state index < -0.39 is 21.4 Å². The minimum atomic E-state index is -0.978. The summed E-state index contributed by atoms with van der Waals surface area (Å²) in [5.41, 5.74) is 4.36. The minimum absolute atomic E-state index is 0.0445. The van der Waals surface area contributed by atoms with Crippen LogP contribution in [0.5, 0.6) is 11.5 Å². The summed E-state index contributed by atoms with van der Waals surface area (Å²) in [6.45, 7) is 4.92. The molecule has 10 aliphatic rings. The zero-order chi connectivity index (χ0) is 47.7. The molecule has 4 aromatic rings. The Hall–Kier alpha value is -6.01. The van der Waals surface area contributed by atoms with Crippen LogP contribution in [0.15, 0.2) is 61.2 Å². The highest BCUT2D eigenvalue weighted by Gasteiger charge is 2.52. The van der Waals surface area contributed by atoms with Crippen LogP contribution in [-0.2, 0) is 25.9 Å². The van der Waals surface area contributed by atoms with Crippen molar-refractivity contribution in [1.82, 2.24) is 30.2 Å². The van der Waals surface area contributed by atoms with Gasteiger partial charge in [0.2, 0.25) is 0 Å². The maximum Gasteiger partial charge on any atom is 0.415 e. The standard InChI is InChI=1S/C25H29N5O4.C18H26N4.C7H4ClNO4/c31-24(34-20-3-1-19(2-4-20)30(32)33)29-6-5-21-22(13-29)27-15-28-23(21)26-14-25-10-16-7-17(11-25)9-18(8-16)12-25;1-2-19-9-16-15(1)17(22-11-21-16)20-10-18-6-12-3-13(7-18)5-14(4-12)8-18;8-7(10)13-6-3-1-5(2-4-6)9(11)12/h1-4,15-18H,5-14H2,(H,26,27,28);11-14,19H,1-10H2,(H,20,21,22);1-4H. The van der Waals surface area contributed by atoms with Gasteiger partial charge in [-0.1, -0.05) is 0 Å². The van der Waals surface area contributed by atoms with Gasteiger partial charge in [-0.25, -0.2) is 29.5 Å². The molecule has 364 valence electrons. The zero-order valence-electron chi connectivity index (χ0n) is 38.7. The number of nitro benzene ring substituents is 2. The monoisotopic (exact) mass is 962 g/mol. The van der Waals surface area contributed by atoms with Gasteiger partial charge in [0.15, 0.2) is 0 Å². The van der Waals surface area contributed by atoms with Crippen LogP contribution in [0.1, 0.15) is 99.6 Å². The normalized spacial score (nSPS) is 28.4. The molecule has 8 saturated carbocycles. The van der Waals surface area contributed by atoms with Crippen LogP contribution in [0.4, 0.5) is 32.6 Å². The molecule has 14 rings (SSSR count). The van der Waals surface area contributed by atoms with Crippen LogP contribution < -0.4 is 25.4 Å². The van der Waals surface area contributed by atoms with E-state index in [0.717, 1.165) is 91.0 Å². The van der Waals surface area contributed by atoms with E-state index in [4.69, 9.17) is 16.3 Å². The van der Waals surface area contributed by atoms with E-state index in [-0.39, 0.29) is 22.9 Å². The topological polar surface area (TPSA) is 230 Å². The van der Waals surface area contributed by atoms with E-state index in [0.29, 0.717) is 30.3 Å². The molecular weight excluding hydrogens is 904 g/mol. The molecule has 0 spiro atoms. The summed E-state index contributed by atoms with van der Waals surface area (Å²) in [5.74, 6) is 8.30. The number of non-ortho nitro benzene ring substituents is 2. The average Bonchev–Trinajstić information content (AvgIpc) is 3.32. The molecular formula is C50H59ClN10O8. The number of amides is 1. The molecule has 4 heterocycles. The number of rotatable bonds is 10. The van der Waals surface area contributed by atoms with Crippen molar-refractivity contribution in [1.29, 1.82) is 0 Å². The Morgan fingerprint density at radius 2 is 1.09 bits per heavy atom. The molecule has 8 bridgehead atoms. The van der Waals surface area contributed by atoms with Crippen LogP contribution in [0.3, 0.4) is 0 Å². The Balaban J connectivity index is 0.000000135. The number of halogens is 1. The van der Waals surface area contributed by atoms with Crippen molar-refractivity contribution >= 4 is 46.1 Å². The average molecular weight is 964 g/mol. The molecule has 19 heteroatoms. The third-order valence-corrected chi connectivity index (χ3v) is 16.3. The van der Waals surface area contributed by atoms with Crippen molar-refractivity contribution in [2.45, 2.75) is 103 Å². The number of aromatic nitrogens is 4. The fraction of sp³-hybridized carbons (Fsp3) is 0.560. The second-order valence-electron chi connectivity index (χ2n) is 21.1. The van der Waals surface area contributed by atoms with Crippen LogP contribution >= 0.6 is 11.6 Å². The molecule has 8 fully saturated rings. The van der Waals surface area contributed by atoms with Gasteiger partial charge >= 0.3 is 11.5 Å². The van der Waals surface area contributed by atoms with Crippen molar-refractivity contribution in [2.75, 3.05) is 36.8 Å². The number of carbonyl (C=O) groups excluding carboxylic acids is 2. The smallest absolute Gasteiger partial charge is 0.414 e. The maximum atomic E-state index is 12.7. The lowest BCUT2D eigenvalue weighted by atomic mass is 9.49. The van der Waals surface area contributed by atoms with E-state index in [1.54, 1.807) is 17.6 Å². The number of benzene rings is 2. The van der Waals surface area contributed by atoms with Gasteiger partial charge in [0.25, 0.3) is 11.4 Å². The van der Waals surface area contributed by atoms with Crippen molar-refractivity contribution in [3.05, 3.63) is 104 Å². The Bertz CT molecular complexity index is 2490. The first-order valence-corrected chi connectivity index (χ1v) is 24.9. The van der Waals surface area contributed by atoms with Gasteiger partial charge in [0.05, 0.1) is 27.8 Å². The first-order valence-electron chi connectivity index (χ1n) is 24.5. The van der Waals surface area contributed by atoms with Crippen LogP contribution in [0, 0.1) is 66.6 Å². The summed E-state index contributed by atoms with van der Waals surface area (Å²) in [7, 11) is 0. The first kappa shape index (κ1) is 46.7. The van der Waals surface area contributed by atoms with Gasteiger partial charge in [0, 0.05) is 73.2 Å². The molecule has 0 saturated heterocycles. The number of nitro groups is 2.